The molecule has 0 unspecified atom stereocenters. The van der Waals surface area contributed by atoms with Crippen LogP contribution in [0.1, 0.15) is 5.56 Å². The number of nitrogens with zero attached hydrogens (tertiary/aromatic N) is 3. The van der Waals surface area contributed by atoms with Crippen molar-refractivity contribution in [3.8, 4) is 0 Å². The van der Waals surface area contributed by atoms with Crippen molar-refractivity contribution in [2.24, 2.45) is 0 Å². The molecule has 1 aliphatic heterocycles. The summed E-state index contributed by atoms with van der Waals surface area (Å²) in [6.07, 6.45) is 1.27. The number of urea groups is 1. The third-order valence-electron chi connectivity index (χ3n) is 4.15. The van der Waals surface area contributed by atoms with Crippen molar-refractivity contribution in [1.29, 1.82) is 0 Å². The zero-order valence-electron chi connectivity index (χ0n) is 13.7. The quantitative estimate of drug-likeness (QED) is 0.807. The average molecular weight is 397 g/mol. The van der Waals surface area contributed by atoms with Crippen molar-refractivity contribution in [3.63, 3.8) is 0 Å². The summed E-state index contributed by atoms with van der Waals surface area (Å²) in [5.41, 5.74) is 1.06. The normalized spacial score (nSPS) is 16.9. The van der Waals surface area contributed by atoms with E-state index in [0.717, 1.165) is 6.07 Å². The fourth-order valence-corrected chi connectivity index (χ4v) is 3.17. The highest BCUT2D eigenvalue weighted by atomic mass is 35.5. The number of hydrogen-bond donors (Lipinski definition) is 1. The van der Waals surface area contributed by atoms with Gasteiger partial charge in [0.25, 0.3) is 0 Å². The number of hydrogen-bond acceptors (Lipinski definition) is 3. The van der Waals surface area contributed by atoms with E-state index >= 15 is 0 Å². The van der Waals surface area contributed by atoms with Crippen molar-refractivity contribution in [2.45, 2.75) is 12.6 Å². The smallest absolute Gasteiger partial charge is 0.325 e. The molecule has 1 N–H and O–H groups in total. The molecule has 1 fully saturated rings. The Morgan fingerprint density at radius 1 is 1.35 bits per heavy atom. The number of amides is 3. The summed E-state index contributed by atoms with van der Waals surface area (Å²) in [6, 6.07) is 6.57. The molecule has 26 heavy (non-hydrogen) atoms. The molecule has 0 saturated carbocycles. The number of carbonyl (C=O) groups excluding carboxylic acids is 2. The maximum absolute atomic E-state index is 13.3. The zero-order valence-corrected chi connectivity index (χ0v) is 15.3. The SMILES string of the molecule is CN1C(=O)N(c2ccnc(F)c2)C[C@H]1C(=O)NCc1ccc(Cl)cc1Cl. The average Bonchev–Trinajstić information content (AvgIpc) is 2.89. The maximum Gasteiger partial charge on any atom is 0.325 e. The van der Waals surface area contributed by atoms with Crippen molar-refractivity contribution < 1.29 is 14.0 Å². The number of benzene rings is 1. The molecule has 1 saturated heterocycles. The Balaban J connectivity index is 1.69. The number of anilines is 1. The molecule has 136 valence electrons. The lowest BCUT2D eigenvalue weighted by Crippen LogP contribution is -2.43. The summed E-state index contributed by atoms with van der Waals surface area (Å²) in [6.45, 7) is 0.316. The zero-order chi connectivity index (χ0) is 18.8. The molecule has 3 rings (SSSR count). The van der Waals surface area contributed by atoms with Gasteiger partial charge in [0, 0.05) is 35.9 Å². The summed E-state index contributed by atoms with van der Waals surface area (Å²) in [4.78, 5) is 31.0. The third kappa shape index (κ3) is 3.73. The van der Waals surface area contributed by atoms with Gasteiger partial charge in [-0.3, -0.25) is 9.69 Å². The van der Waals surface area contributed by atoms with E-state index < -0.39 is 12.0 Å². The molecule has 3 amide bonds. The van der Waals surface area contributed by atoms with Crippen LogP contribution in [0.3, 0.4) is 0 Å². The predicted octanol–water partition coefficient (Wildman–Crippen LogP) is 3.08. The van der Waals surface area contributed by atoms with Gasteiger partial charge in [0.2, 0.25) is 11.9 Å². The minimum Gasteiger partial charge on any atom is -0.350 e. The Hall–Kier alpha value is -2.38. The lowest BCUT2D eigenvalue weighted by molar-refractivity contribution is -0.124. The van der Waals surface area contributed by atoms with E-state index in [4.69, 9.17) is 23.2 Å². The number of pyridine rings is 1. The number of rotatable bonds is 4. The Morgan fingerprint density at radius 2 is 2.12 bits per heavy atom. The van der Waals surface area contributed by atoms with Crippen LogP contribution in [0.4, 0.5) is 14.9 Å². The van der Waals surface area contributed by atoms with Crippen LogP contribution in [-0.2, 0) is 11.3 Å². The number of carbonyl (C=O) groups is 2. The third-order valence-corrected chi connectivity index (χ3v) is 4.74. The maximum atomic E-state index is 13.3. The molecule has 2 aromatic rings. The number of halogens is 3. The molecule has 6 nitrogen and oxygen atoms in total. The van der Waals surface area contributed by atoms with E-state index in [-0.39, 0.29) is 25.0 Å². The van der Waals surface area contributed by atoms with Crippen LogP contribution >= 0.6 is 23.2 Å². The molecule has 0 bridgehead atoms. The topological polar surface area (TPSA) is 65.5 Å². The lowest BCUT2D eigenvalue weighted by atomic mass is 10.2. The van der Waals surface area contributed by atoms with Gasteiger partial charge in [-0.2, -0.15) is 4.39 Å². The molecule has 2 heterocycles. The Labute approximate surface area is 159 Å². The molecule has 0 radical (unpaired) electrons. The predicted molar refractivity (Wildman–Crippen MR) is 96.8 cm³/mol. The molecule has 1 aliphatic rings. The van der Waals surface area contributed by atoms with Gasteiger partial charge in [-0.15, -0.1) is 0 Å². The Kier molecular flexibility index (Phi) is 5.29. The van der Waals surface area contributed by atoms with Gasteiger partial charge in [0.05, 0.1) is 12.2 Å². The van der Waals surface area contributed by atoms with E-state index in [1.165, 1.54) is 29.1 Å². The van der Waals surface area contributed by atoms with Gasteiger partial charge in [0.15, 0.2) is 0 Å². The second-order valence-electron chi connectivity index (χ2n) is 5.81. The van der Waals surface area contributed by atoms with Crippen LogP contribution < -0.4 is 10.2 Å². The van der Waals surface area contributed by atoms with E-state index in [1.54, 1.807) is 18.2 Å². The fourth-order valence-electron chi connectivity index (χ4n) is 2.70. The minimum absolute atomic E-state index is 0.110. The van der Waals surface area contributed by atoms with E-state index in [2.05, 4.69) is 10.3 Å². The first-order chi connectivity index (χ1) is 12.4. The van der Waals surface area contributed by atoms with Crippen LogP contribution in [-0.4, -0.2) is 41.5 Å². The Bertz CT molecular complexity index is 864. The standard InChI is InChI=1S/C17H15Cl2FN4O2/c1-23-14(9-24(17(23)26)12-4-5-21-15(20)7-12)16(25)22-8-10-2-3-11(18)6-13(10)19/h2-7,14H,8-9H2,1H3,(H,22,25)/t14-/m0/s1. The monoisotopic (exact) mass is 396 g/mol. The second kappa shape index (κ2) is 7.47. The summed E-state index contributed by atoms with van der Waals surface area (Å²) in [7, 11) is 1.53. The van der Waals surface area contributed by atoms with Gasteiger partial charge >= 0.3 is 6.03 Å². The molecule has 0 aliphatic carbocycles. The number of likely N-dealkylation sites (N-methyl/N-ethyl adjacent to an activating group) is 1. The summed E-state index contributed by atoms with van der Waals surface area (Å²) in [5.74, 6) is -1.02. The van der Waals surface area contributed by atoms with Crippen molar-refractivity contribution in [2.75, 3.05) is 18.5 Å². The molecule has 0 spiro atoms. The minimum atomic E-state index is -0.704. The molecule has 1 atom stereocenters. The first-order valence-electron chi connectivity index (χ1n) is 7.74. The molecule has 1 aromatic carbocycles. The Morgan fingerprint density at radius 3 is 2.81 bits per heavy atom. The van der Waals surface area contributed by atoms with Crippen LogP contribution in [0.5, 0.6) is 0 Å². The van der Waals surface area contributed by atoms with Crippen LogP contribution in [0.2, 0.25) is 10.0 Å². The van der Waals surface area contributed by atoms with E-state index in [1.807, 2.05) is 0 Å². The highest BCUT2D eigenvalue weighted by Gasteiger charge is 2.39. The van der Waals surface area contributed by atoms with Crippen LogP contribution in [0, 0.1) is 5.95 Å². The highest BCUT2D eigenvalue weighted by molar-refractivity contribution is 6.35. The highest BCUT2D eigenvalue weighted by Crippen LogP contribution is 2.24. The second-order valence-corrected chi connectivity index (χ2v) is 6.65. The largest absolute Gasteiger partial charge is 0.350 e. The van der Waals surface area contributed by atoms with Gasteiger partial charge in [-0.1, -0.05) is 29.3 Å². The van der Waals surface area contributed by atoms with Crippen LogP contribution in [0.15, 0.2) is 36.5 Å². The summed E-state index contributed by atoms with van der Waals surface area (Å²) >= 11 is 11.9. The van der Waals surface area contributed by atoms with Gasteiger partial charge in [0.1, 0.15) is 6.04 Å². The van der Waals surface area contributed by atoms with Crippen LogP contribution in [0.25, 0.3) is 0 Å². The van der Waals surface area contributed by atoms with E-state index in [9.17, 15) is 14.0 Å². The summed E-state index contributed by atoms with van der Waals surface area (Å²) in [5, 5.41) is 3.71. The van der Waals surface area contributed by atoms with Crippen molar-refractivity contribution in [1.82, 2.24) is 15.2 Å². The summed E-state index contributed by atoms with van der Waals surface area (Å²) < 4.78 is 13.3. The van der Waals surface area contributed by atoms with E-state index in [0.29, 0.717) is 21.3 Å². The number of nitrogens with one attached hydrogen (secondary N) is 1. The lowest BCUT2D eigenvalue weighted by Gasteiger charge is -2.17. The fraction of sp³-hybridized carbons (Fsp3) is 0.235. The molecule has 1 aromatic heterocycles. The first kappa shape index (κ1) is 18.4. The molecular formula is C17H15Cl2FN4O2. The van der Waals surface area contributed by atoms with Crippen molar-refractivity contribution in [3.05, 3.63) is 58.1 Å². The molecule has 9 heteroatoms. The number of aromatic nitrogens is 1. The van der Waals surface area contributed by atoms with Crippen molar-refractivity contribution >= 4 is 40.8 Å². The molecular weight excluding hydrogens is 382 g/mol. The van der Waals surface area contributed by atoms with Gasteiger partial charge in [-0.25, -0.2) is 9.78 Å². The van der Waals surface area contributed by atoms with Gasteiger partial charge < -0.3 is 10.2 Å². The van der Waals surface area contributed by atoms with Gasteiger partial charge in [-0.05, 0) is 23.8 Å². The first-order valence-corrected chi connectivity index (χ1v) is 8.50.